The average Bonchev–Trinajstić information content (AvgIpc) is 2.63. The van der Waals surface area contributed by atoms with Gasteiger partial charge in [0.15, 0.2) is 0 Å². The fraction of sp³-hybridized carbons (Fsp3) is 0.833. The maximum Gasteiger partial charge on any atom is 0.0658 e. The van der Waals surface area contributed by atoms with Crippen LogP contribution in [0.1, 0.15) is 46.0 Å². The molecular weight excluding hydrogens is 158 g/mol. The topological polar surface area (TPSA) is 12.0 Å². The Morgan fingerprint density at radius 1 is 1.46 bits per heavy atom. The Morgan fingerprint density at radius 2 is 2.08 bits per heavy atom. The molecule has 1 nitrogen and oxygen atoms in total. The molecule has 1 saturated carbocycles. The molecule has 1 aliphatic carbocycles. The van der Waals surface area contributed by atoms with Gasteiger partial charge in [0.1, 0.15) is 0 Å². The van der Waals surface area contributed by atoms with E-state index in [0.29, 0.717) is 5.41 Å². The predicted molar refractivity (Wildman–Crippen MR) is 57.5 cm³/mol. The number of hydrogen-bond donors (Lipinski definition) is 1. The van der Waals surface area contributed by atoms with E-state index >= 15 is 0 Å². The lowest BCUT2D eigenvalue weighted by molar-refractivity contribution is 0.265. The van der Waals surface area contributed by atoms with Crippen LogP contribution in [0.5, 0.6) is 0 Å². The van der Waals surface area contributed by atoms with Crippen LogP contribution in [0, 0.1) is 17.8 Å². The maximum absolute atomic E-state index is 5.33. The average molecular weight is 179 g/mol. The van der Waals surface area contributed by atoms with E-state index in [4.69, 9.17) is 6.42 Å². The molecule has 1 N–H and O–H groups in total. The minimum atomic E-state index is 0.226. The highest BCUT2D eigenvalue weighted by atomic mass is 14.9. The molecule has 1 aliphatic rings. The Balaban J connectivity index is 2.36. The molecule has 0 heterocycles. The largest absolute Gasteiger partial charge is 0.303 e. The van der Waals surface area contributed by atoms with E-state index in [0.717, 1.165) is 6.54 Å². The van der Waals surface area contributed by atoms with Crippen molar-refractivity contribution in [1.29, 1.82) is 0 Å². The van der Waals surface area contributed by atoms with Gasteiger partial charge in [0, 0.05) is 6.54 Å². The zero-order chi connectivity index (χ0) is 9.73. The number of nitrogens with one attached hydrogen (secondary N) is 1. The van der Waals surface area contributed by atoms with Gasteiger partial charge in [0.05, 0.1) is 6.04 Å². The summed E-state index contributed by atoms with van der Waals surface area (Å²) < 4.78 is 0. The van der Waals surface area contributed by atoms with Crippen molar-refractivity contribution < 1.29 is 0 Å². The van der Waals surface area contributed by atoms with Gasteiger partial charge in [-0.3, -0.25) is 0 Å². The van der Waals surface area contributed by atoms with Crippen molar-refractivity contribution in [3.63, 3.8) is 0 Å². The number of rotatable bonds is 4. The van der Waals surface area contributed by atoms with Gasteiger partial charge in [0.25, 0.3) is 0 Å². The molecule has 74 valence electrons. The van der Waals surface area contributed by atoms with E-state index in [2.05, 4.69) is 25.1 Å². The lowest BCUT2D eigenvalue weighted by Crippen LogP contribution is -2.36. The third-order valence-electron chi connectivity index (χ3n) is 3.45. The highest BCUT2D eigenvalue weighted by Gasteiger charge is 2.31. The van der Waals surface area contributed by atoms with E-state index in [1.54, 1.807) is 0 Å². The Kier molecular flexibility index (Phi) is 3.81. The van der Waals surface area contributed by atoms with Crippen LogP contribution in [0.4, 0.5) is 0 Å². The summed E-state index contributed by atoms with van der Waals surface area (Å²) in [6.45, 7) is 5.46. The Morgan fingerprint density at radius 3 is 2.54 bits per heavy atom. The van der Waals surface area contributed by atoms with Crippen LogP contribution in [0.3, 0.4) is 0 Å². The molecule has 0 aromatic rings. The molecule has 1 unspecified atom stereocenters. The van der Waals surface area contributed by atoms with Crippen molar-refractivity contribution >= 4 is 0 Å². The Hall–Kier alpha value is -0.480. The minimum Gasteiger partial charge on any atom is -0.303 e. The monoisotopic (exact) mass is 179 g/mol. The second-order valence-corrected chi connectivity index (χ2v) is 4.33. The van der Waals surface area contributed by atoms with Crippen LogP contribution in [0.2, 0.25) is 0 Å². The van der Waals surface area contributed by atoms with E-state index in [-0.39, 0.29) is 6.04 Å². The summed E-state index contributed by atoms with van der Waals surface area (Å²) in [4.78, 5) is 0. The summed E-state index contributed by atoms with van der Waals surface area (Å²) in [5, 5.41) is 3.43. The van der Waals surface area contributed by atoms with E-state index in [9.17, 15) is 0 Å². The minimum absolute atomic E-state index is 0.226. The van der Waals surface area contributed by atoms with Gasteiger partial charge in [-0.05, 0) is 31.6 Å². The molecule has 0 bridgehead atoms. The summed E-state index contributed by atoms with van der Waals surface area (Å²) in [6, 6.07) is 0.226. The summed E-state index contributed by atoms with van der Waals surface area (Å²) in [5.74, 6) is 2.72. The van der Waals surface area contributed by atoms with E-state index in [1.807, 2.05) is 0 Å². The summed E-state index contributed by atoms with van der Waals surface area (Å²) in [6.07, 6.45) is 12.2. The second kappa shape index (κ2) is 4.67. The third kappa shape index (κ3) is 2.74. The summed E-state index contributed by atoms with van der Waals surface area (Å²) >= 11 is 0. The van der Waals surface area contributed by atoms with Crippen LogP contribution in [0.25, 0.3) is 0 Å². The highest BCUT2D eigenvalue weighted by molar-refractivity contribution is 4.97. The Labute approximate surface area is 82.3 Å². The smallest absolute Gasteiger partial charge is 0.0658 e. The van der Waals surface area contributed by atoms with Crippen LogP contribution in [-0.4, -0.2) is 12.6 Å². The van der Waals surface area contributed by atoms with Crippen molar-refractivity contribution in [2.24, 2.45) is 5.41 Å². The van der Waals surface area contributed by atoms with Crippen LogP contribution < -0.4 is 5.32 Å². The molecule has 0 saturated heterocycles. The normalized spacial score (nSPS) is 22.5. The van der Waals surface area contributed by atoms with Crippen LogP contribution in [-0.2, 0) is 0 Å². The van der Waals surface area contributed by atoms with Gasteiger partial charge in [-0.2, -0.15) is 0 Å². The third-order valence-corrected chi connectivity index (χ3v) is 3.45. The predicted octanol–water partition coefficient (Wildman–Crippen LogP) is 2.57. The molecule has 1 atom stereocenters. The standard InChI is InChI=1S/C12H21N/c1-4-11(3)13-10-12(5-2)8-6-7-9-12/h1,11,13H,5-10H2,2-3H3. The first-order valence-electron chi connectivity index (χ1n) is 5.42. The first-order valence-corrected chi connectivity index (χ1v) is 5.42. The number of hydrogen-bond acceptors (Lipinski definition) is 1. The lowest BCUT2D eigenvalue weighted by Gasteiger charge is -2.28. The van der Waals surface area contributed by atoms with E-state index in [1.165, 1.54) is 32.1 Å². The first-order chi connectivity index (χ1) is 6.22. The zero-order valence-electron chi connectivity index (χ0n) is 8.90. The quantitative estimate of drug-likeness (QED) is 0.654. The molecule has 0 aliphatic heterocycles. The molecule has 1 rings (SSSR count). The molecule has 0 amide bonds. The number of terminal acetylenes is 1. The fourth-order valence-corrected chi connectivity index (χ4v) is 2.21. The summed E-state index contributed by atoms with van der Waals surface area (Å²) in [5.41, 5.74) is 0.561. The van der Waals surface area contributed by atoms with Crippen molar-refractivity contribution in [3.05, 3.63) is 0 Å². The van der Waals surface area contributed by atoms with Gasteiger partial charge in [-0.25, -0.2) is 0 Å². The van der Waals surface area contributed by atoms with Crippen LogP contribution in [0.15, 0.2) is 0 Å². The van der Waals surface area contributed by atoms with Gasteiger partial charge in [-0.15, -0.1) is 6.42 Å². The van der Waals surface area contributed by atoms with Crippen LogP contribution >= 0.6 is 0 Å². The van der Waals surface area contributed by atoms with Crippen molar-refractivity contribution in [2.45, 2.75) is 52.0 Å². The highest BCUT2D eigenvalue weighted by Crippen LogP contribution is 2.40. The van der Waals surface area contributed by atoms with Gasteiger partial charge in [-0.1, -0.05) is 25.7 Å². The Bertz CT molecular complexity index is 184. The first kappa shape index (κ1) is 10.6. The molecule has 0 spiro atoms. The maximum atomic E-state index is 5.33. The molecule has 1 fully saturated rings. The zero-order valence-corrected chi connectivity index (χ0v) is 8.90. The van der Waals surface area contributed by atoms with Gasteiger partial charge >= 0.3 is 0 Å². The molecular formula is C12H21N. The fourth-order valence-electron chi connectivity index (χ4n) is 2.21. The van der Waals surface area contributed by atoms with Crippen molar-refractivity contribution in [2.75, 3.05) is 6.54 Å². The molecule has 0 aromatic heterocycles. The second-order valence-electron chi connectivity index (χ2n) is 4.33. The molecule has 0 radical (unpaired) electrons. The van der Waals surface area contributed by atoms with E-state index < -0.39 is 0 Å². The molecule has 13 heavy (non-hydrogen) atoms. The summed E-state index contributed by atoms with van der Waals surface area (Å²) in [7, 11) is 0. The van der Waals surface area contributed by atoms with Gasteiger partial charge < -0.3 is 5.32 Å². The SMILES string of the molecule is C#CC(C)NCC1(CC)CCCC1. The molecule has 0 aromatic carbocycles. The van der Waals surface area contributed by atoms with Crippen molar-refractivity contribution in [3.8, 4) is 12.3 Å². The molecule has 1 heteroatoms. The lowest BCUT2D eigenvalue weighted by atomic mass is 9.83. The van der Waals surface area contributed by atoms with Crippen molar-refractivity contribution in [1.82, 2.24) is 5.32 Å². The van der Waals surface area contributed by atoms with Gasteiger partial charge in [0.2, 0.25) is 0 Å².